The van der Waals surface area contributed by atoms with Gasteiger partial charge in [0.25, 0.3) is 0 Å². The van der Waals surface area contributed by atoms with Gasteiger partial charge in [-0.15, -0.1) is 0 Å². The SMILES string of the molecule is COc1cc(Br)c(C(C)(C)CCNCC(C)C)c(OC)c1. The molecule has 0 unspecified atom stereocenters. The van der Waals surface area contributed by atoms with E-state index >= 15 is 0 Å². The van der Waals surface area contributed by atoms with Gasteiger partial charge in [-0.05, 0) is 36.9 Å². The van der Waals surface area contributed by atoms with Crippen LogP contribution in [0.5, 0.6) is 11.5 Å². The first kappa shape index (κ1) is 18.3. The maximum absolute atomic E-state index is 5.57. The molecule has 21 heavy (non-hydrogen) atoms. The average molecular weight is 358 g/mol. The molecule has 0 aliphatic heterocycles. The van der Waals surface area contributed by atoms with E-state index in [4.69, 9.17) is 9.47 Å². The van der Waals surface area contributed by atoms with Gasteiger partial charge in [0, 0.05) is 16.1 Å². The molecule has 1 aromatic rings. The van der Waals surface area contributed by atoms with Crippen molar-refractivity contribution in [2.24, 2.45) is 5.92 Å². The fourth-order valence-electron chi connectivity index (χ4n) is 2.41. The van der Waals surface area contributed by atoms with Crippen LogP contribution < -0.4 is 14.8 Å². The zero-order valence-corrected chi connectivity index (χ0v) is 15.6. The summed E-state index contributed by atoms with van der Waals surface area (Å²) in [4.78, 5) is 0. The summed E-state index contributed by atoms with van der Waals surface area (Å²) in [6.07, 6.45) is 1.04. The predicted octanol–water partition coefficient (Wildman–Crippen LogP) is 4.38. The van der Waals surface area contributed by atoms with Crippen molar-refractivity contribution < 1.29 is 9.47 Å². The van der Waals surface area contributed by atoms with E-state index in [1.165, 1.54) is 5.56 Å². The van der Waals surface area contributed by atoms with Crippen LogP contribution in [0.15, 0.2) is 16.6 Å². The van der Waals surface area contributed by atoms with Crippen LogP contribution in [-0.2, 0) is 5.41 Å². The molecule has 0 bridgehead atoms. The number of methoxy groups -OCH3 is 2. The Hall–Kier alpha value is -0.740. The van der Waals surface area contributed by atoms with Crippen molar-refractivity contribution in [3.63, 3.8) is 0 Å². The lowest BCUT2D eigenvalue weighted by Crippen LogP contribution is -2.28. The molecular formula is C17H28BrNO2. The molecule has 0 aliphatic carbocycles. The van der Waals surface area contributed by atoms with Crippen molar-refractivity contribution in [2.45, 2.75) is 39.5 Å². The van der Waals surface area contributed by atoms with E-state index in [1.807, 2.05) is 12.1 Å². The van der Waals surface area contributed by atoms with Crippen molar-refractivity contribution in [3.8, 4) is 11.5 Å². The molecule has 120 valence electrons. The summed E-state index contributed by atoms with van der Waals surface area (Å²) in [5.41, 5.74) is 1.21. The monoisotopic (exact) mass is 357 g/mol. The van der Waals surface area contributed by atoms with Gasteiger partial charge in [0.05, 0.1) is 14.2 Å². The van der Waals surface area contributed by atoms with Crippen LogP contribution in [0.2, 0.25) is 0 Å². The van der Waals surface area contributed by atoms with E-state index in [0.717, 1.165) is 35.5 Å². The van der Waals surface area contributed by atoms with Crippen LogP contribution in [0.25, 0.3) is 0 Å². The second-order valence-electron chi connectivity index (χ2n) is 6.42. The first-order valence-electron chi connectivity index (χ1n) is 7.44. The molecule has 0 atom stereocenters. The highest BCUT2D eigenvalue weighted by Crippen LogP contribution is 2.41. The maximum Gasteiger partial charge on any atom is 0.127 e. The average Bonchev–Trinajstić information content (AvgIpc) is 2.42. The van der Waals surface area contributed by atoms with Gasteiger partial charge in [0.2, 0.25) is 0 Å². The second kappa shape index (κ2) is 8.04. The quantitative estimate of drug-likeness (QED) is 0.700. The number of benzene rings is 1. The Bertz CT molecular complexity index is 458. The van der Waals surface area contributed by atoms with Crippen LogP contribution in [-0.4, -0.2) is 27.3 Å². The highest BCUT2D eigenvalue weighted by atomic mass is 79.9. The number of rotatable bonds is 8. The van der Waals surface area contributed by atoms with Crippen LogP contribution in [0.1, 0.15) is 39.7 Å². The largest absolute Gasteiger partial charge is 0.497 e. The van der Waals surface area contributed by atoms with E-state index in [-0.39, 0.29) is 5.41 Å². The second-order valence-corrected chi connectivity index (χ2v) is 7.27. The third-order valence-electron chi connectivity index (χ3n) is 3.64. The zero-order valence-electron chi connectivity index (χ0n) is 14.0. The van der Waals surface area contributed by atoms with Crippen LogP contribution >= 0.6 is 15.9 Å². The standard InChI is InChI=1S/C17H28BrNO2/c1-12(2)11-19-8-7-17(3,4)16-14(18)9-13(20-5)10-15(16)21-6/h9-10,12,19H,7-8,11H2,1-6H3. The molecule has 0 heterocycles. The van der Waals surface area contributed by atoms with Crippen molar-refractivity contribution >= 4 is 15.9 Å². The van der Waals surface area contributed by atoms with Crippen molar-refractivity contribution in [2.75, 3.05) is 27.3 Å². The van der Waals surface area contributed by atoms with Gasteiger partial charge in [0.15, 0.2) is 0 Å². The summed E-state index contributed by atoms with van der Waals surface area (Å²) in [6, 6.07) is 3.95. The van der Waals surface area contributed by atoms with E-state index in [1.54, 1.807) is 14.2 Å². The van der Waals surface area contributed by atoms with E-state index in [0.29, 0.717) is 5.92 Å². The fraction of sp³-hybridized carbons (Fsp3) is 0.647. The third kappa shape index (κ3) is 5.19. The number of halogens is 1. The van der Waals surface area contributed by atoms with Gasteiger partial charge in [0.1, 0.15) is 11.5 Å². The van der Waals surface area contributed by atoms with Crippen LogP contribution in [0.3, 0.4) is 0 Å². The fourth-order valence-corrected chi connectivity index (χ4v) is 3.37. The van der Waals surface area contributed by atoms with Crippen LogP contribution in [0, 0.1) is 5.92 Å². The highest BCUT2D eigenvalue weighted by molar-refractivity contribution is 9.10. The summed E-state index contributed by atoms with van der Waals surface area (Å²) in [5.74, 6) is 2.35. The third-order valence-corrected chi connectivity index (χ3v) is 4.26. The molecule has 0 saturated heterocycles. The molecule has 0 fully saturated rings. The van der Waals surface area contributed by atoms with Crippen molar-refractivity contribution in [3.05, 3.63) is 22.2 Å². The summed E-state index contributed by atoms with van der Waals surface area (Å²) in [6.45, 7) is 11.0. The molecule has 0 aromatic heterocycles. The topological polar surface area (TPSA) is 30.5 Å². The predicted molar refractivity (Wildman–Crippen MR) is 92.6 cm³/mol. The van der Waals surface area contributed by atoms with Gasteiger partial charge in [-0.1, -0.05) is 43.6 Å². The molecular weight excluding hydrogens is 330 g/mol. The lowest BCUT2D eigenvalue weighted by Gasteiger charge is -2.29. The Labute approximate surface area is 137 Å². The molecule has 1 N–H and O–H groups in total. The van der Waals surface area contributed by atoms with Crippen molar-refractivity contribution in [1.29, 1.82) is 0 Å². The molecule has 1 aromatic carbocycles. The minimum Gasteiger partial charge on any atom is -0.497 e. The minimum absolute atomic E-state index is 0.0143. The van der Waals surface area contributed by atoms with Crippen LogP contribution in [0.4, 0.5) is 0 Å². The van der Waals surface area contributed by atoms with Gasteiger partial charge in [-0.2, -0.15) is 0 Å². The molecule has 4 heteroatoms. The molecule has 1 rings (SSSR count). The van der Waals surface area contributed by atoms with Gasteiger partial charge >= 0.3 is 0 Å². The Morgan fingerprint density at radius 3 is 2.38 bits per heavy atom. The first-order chi connectivity index (χ1) is 9.81. The molecule has 0 spiro atoms. The lowest BCUT2D eigenvalue weighted by molar-refractivity contribution is 0.369. The molecule has 0 amide bonds. The van der Waals surface area contributed by atoms with Gasteiger partial charge in [-0.3, -0.25) is 0 Å². The summed E-state index contributed by atoms with van der Waals surface area (Å²) >= 11 is 3.67. The number of hydrogen-bond acceptors (Lipinski definition) is 3. The summed E-state index contributed by atoms with van der Waals surface area (Å²) < 4.78 is 11.9. The molecule has 0 aliphatic rings. The maximum atomic E-state index is 5.57. The number of ether oxygens (including phenoxy) is 2. The molecule has 3 nitrogen and oxygen atoms in total. The van der Waals surface area contributed by atoms with E-state index in [9.17, 15) is 0 Å². The molecule has 0 saturated carbocycles. The van der Waals surface area contributed by atoms with E-state index < -0.39 is 0 Å². The smallest absolute Gasteiger partial charge is 0.127 e. The minimum atomic E-state index is 0.0143. The number of hydrogen-bond donors (Lipinski definition) is 1. The van der Waals surface area contributed by atoms with Crippen molar-refractivity contribution in [1.82, 2.24) is 5.32 Å². The van der Waals surface area contributed by atoms with E-state index in [2.05, 4.69) is 48.9 Å². The Morgan fingerprint density at radius 1 is 1.19 bits per heavy atom. The summed E-state index contributed by atoms with van der Waals surface area (Å²) in [7, 11) is 3.37. The Balaban J connectivity index is 2.91. The molecule has 0 radical (unpaired) electrons. The summed E-state index contributed by atoms with van der Waals surface area (Å²) in [5, 5.41) is 3.51. The lowest BCUT2D eigenvalue weighted by atomic mass is 9.81. The normalized spacial score (nSPS) is 11.8. The Morgan fingerprint density at radius 2 is 1.86 bits per heavy atom. The zero-order chi connectivity index (χ0) is 16.0. The highest BCUT2D eigenvalue weighted by Gasteiger charge is 2.27. The Kier molecular flexibility index (Phi) is 7.01. The van der Waals surface area contributed by atoms with Gasteiger partial charge in [-0.25, -0.2) is 0 Å². The first-order valence-corrected chi connectivity index (χ1v) is 8.24. The van der Waals surface area contributed by atoms with Gasteiger partial charge < -0.3 is 14.8 Å². The number of nitrogens with one attached hydrogen (secondary N) is 1.